The fourth-order valence-corrected chi connectivity index (χ4v) is 4.47. The van der Waals surface area contributed by atoms with Crippen molar-refractivity contribution in [3.05, 3.63) is 0 Å². The van der Waals surface area contributed by atoms with Crippen molar-refractivity contribution in [2.75, 3.05) is 85.1 Å². The Kier molecular flexibility index (Phi) is 16.9. The van der Waals surface area contributed by atoms with E-state index < -0.39 is 46.6 Å². The predicted octanol–water partition coefficient (Wildman–Crippen LogP) is -2.37. The molecule has 1 aliphatic rings. The van der Waals surface area contributed by atoms with Gasteiger partial charge in [-0.05, 0) is 0 Å². The van der Waals surface area contributed by atoms with Crippen molar-refractivity contribution >= 4 is 40.3 Å². The molecule has 1 amide bonds. The highest BCUT2D eigenvalue weighted by molar-refractivity contribution is 7.32. The fraction of sp³-hybridized carbons (Fsp3) is 0.789. The first-order valence-corrected chi connectivity index (χ1v) is 14.1. The Balaban J connectivity index is 2.86. The quantitative estimate of drug-likeness (QED) is 0.0845. The molecular weight excluding hydrogens is 568 g/mol. The first-order chi connectivity index (χ1) is 18.3. The summed E-state index contributed by atoms with van der Waals surface area (Å²) in [6.07, 6.45) is -1.72. The molecule has 0 spiro atoms. The summed E-state index contributed by atoms with van der Waals surface area (Å²) in [7, 11) is -6.24. The van der Waals surface area contributed by atoms with Crippen LogP contribution in [0.5, 0.6) is 0 Å². The van der Waals surface area contributed by atoms with Gasteiger partial charge in [-0.15, -0.1) is 9.79 Å². The summed E-state index contributed by atoms with van der Waals surface area (Å²) in [4.78, 5) is 70.7. The van der Waals surface area contributed by atoms with Crippen molar-refractivity contribution in [3.8, 4) is 0 Å². The minimum absolute atomic E-state index is 0.126. The Labute approximate surface area is 225 Å². The number of hydrogen-bond donors (Lipinski definition) is 6. The maximum Gasteiger partial charge on any atom is 0.697 e. The van der Waals surface area contributed by atoms with E-state index in [4.69, 9.17) is 9.79 Å². The van der Waals surface area contributed by atoms with Crippen LogP contribution in [0.2, 0.25) is 0 Å². The molecule has 0 radical (unpaired) electrons. The summed E-state index contributed by atoms with van der Waals surface area (Å²) in [5, 5.41) is 30.3. The van der Waals surface area contributed by atoms with Crippen LogP contribution in [0.25, 0.3) is 0 Å². The lowest BCUT2D eigenvalue weighted by Gasteiger charge is -2.32. The second-order valence-corrected chi connectivity index (χ2v) is 9.91. The highest BCUT2D eigenvalue weighted by atomic mass is 31.1. The van der Waals surface area contributed by atoms with E-state index in [1.165, 1.54) is 0 Å². The fourth-order valence-electron chi connectivity index (χ4n) is 3.70. The molecule has 1 rings (SSSR count). The third-order valence-corrected chi connectivity index (χ3v) is 6.32. The van der Waals surface area contributed by atoms with Gasteiger partial charge in [0, 0.05) is 74.5 Å². The minimum atomic E-state index is -3.12. The third kappa shape index (κ3) is 17.9. The molecule has 20 heteroatoms. The van der Waals surface area contributed by atoms with Gasteiger partial charge in [0.05, 0.1) is 26.2 Å². The van der Waals surface area contributed by atoms with Crippen LogP contribution in [0.3, 0.4) is 0 Å². The summed E-state index contributed by atoms with van der Waals surface area (Å²) in [6.45, 7) is 0.747. The Bertz CT molecular complexity index is 820. The molecule has 1 aliphatic heterocycles. The second kappa shape index (κ2) is 18.9. The number of nitrogens with zero attached hydrogens (tertiary/aromatic N) is 4. The van der Waals surface area contributed by atoms with Crippen LogP contribution in [-0.4, -0.2) is 160 Å². The van der Waals surface area contributed by atoms with Gasteiger partial charge in [0.2, 0.25) is 5.91 Å². The Hall–Kier alpha value is -2.24. The molecule has 0 saturated carbocycles. The van der Waals surface area contributed by atoms with E-state index in [2.05, 4.69) is 14.4 Å². The van der Waals surface area contributed by atoms with Crippen LogP contribution >= 0.6 is 16.5 Å². The molecule has 0 bridgehead atoms. The van der Waals surface area contributed by atoms with E-state index in [-0.39, 0.29) is 91.5 Å². The van der Waals surface area contributed by atoms with E-state index >= 15 is 0 Å². The maximum atomic E-state index is 12.6. The Morgan fingerprint density at radius 2 is 0.949 bits per heavy atom. The van der Waals surface area contributed by atoms with Gasteiger partial charge in [-0.1, -0.05) is 9.05 Å². The number of carboxylic acid groups (broad SMARTS) is 3. The molecule has 0 aliphatic carbocycles. The molecule has 222 valence electrons. The van der Waals surface area contributed by atoms with Gasteiger partial charge in [0.15, 0.2) is 0 Å². The van der Waals surface area contributed by atoms with Crippen LogP contribution in [0.4, 0.5) is 0 Å². The number of amides is 1. The zero-order valence-corrected chi connectivity index (χ0v) is 23.0. The number of carbonyl (C=O) groups excluding carboxylic acids is 1. The average Bonchev–Trinajstić information content (AvgIpc) is 2.78. The lowest BCUT2D eigenvalue weighted by Crippen LogP contribution is -2.49. The monoisotopic (exact) mass is 603 g/mol. The van der Waals surface area contributed by atoms with Crippen molar-refractivity contribution in [1.29, 1.82) is 0 Å². The molecule has 1 fully saturated rings. The van der Waals surface area contributed by atoms with Gasteiger partial charge < -0.3 is 20.6 Å². The molecule has 6 N–H and O–H groups in total. The molecule has 1 heterocycles. The standard InChI is InChI=1S/C19H33N5O13P2/c25-15(20-2-1-19(36-38(32)33)37-39(34)35)11-21-3-5-22(12-16(26)27)7-9-24(14-18(30)31)10-8-23(6-4-21)13-17(28)29/h19H,1-14H2,(H4-2,20,25,26,27,28,29,30,31,32,33,34,35)/p+2. The summed E-state index contributed by atoms with van der Waals surface area (Å²) in [6, 6.07) is 0. The first-order valence-electron chi connectivity index (χ1n) is 11.8. The molecule has 18 nitrogen and oxygen atoms in total. The Morgan fingerprint density at radius 3 is 1.23 bits per heavy atom. The van der Waals surface area contributed by atoms with Crippen LogP contribution in [0, 0.1) is 0 Å². The van der Waals surface area contributed by atoms with Gasteiger partial charge in [-0.3, -0.25) is 38.8 Å². The molecular formula is C19H35N5O13P2+2. The van der Waals surface area contributed by atoms with E-state index in [1.54, 1.807) is 19.6 Å². The largest absolute Gasteiger partial charge is 0.697 e. The third-order valence-electron chi connectivity index (χ3n) is 5.49. The molecule has 0 aromatic rings. The molecule has 0 aromatic carbocycles. The van der Waals surface area contributed by atoms with Crippen LogP contribution in [-0.2, 0) is 37.4 Å². The normalized spacial score (nSPS) is 18.8. The number of carboxylic acids is 3. The SMILES string of the molecule is O=C(O)CN1CCN(CC(=O)O)CCN(CC(=O)NCCC(O[P+](=O)O)O[P+](=O)O)CCN(CC(=O)O)CC1. The zero-order chi connectivity index (χ0) is 29.4. The van der Waals surface area contributed by atoms with Crippen molar-refractivity contribution in [2.24, 2.45) is 0 Å². The van der Waals surface area contributed by atoms with Crippen molar-refractivity contribution in [1.82, 2.24) is 24.9 Å². The Morgan fingerprint density at radius 1 is 0.641 bits per heavy atom. The van der Waals surface area contributed by atoms with E-state index in [0.29, 0.717) is 0 Å². The first kappa shape index (κ1) is 34.8. The zero-order valence-electron chi connectivity index (χ0n) is 21.2. The number of hydrogen-bond acceptors (Lipinski definition) is 12. The molecule has 39 heavy (non-hydrogen) atoms. The van der Waals surface area contributed by atoms with Gasteiger partial charge >= 0.3 is 34.4 Å². The highest BCUT2D eigenvalue weighted by Crippen LogP contribution is 2.27. The summed E-state index contributed by atoms with van der Waals surface area (Å²) < 4.78 is 30.6. The van der Waals surface area contributed by atoms with Crippen LogP contribution in [0.1, 0.15) is 6.42 Å². The van der Waals surface area contributed by atoms with Gasteiger partial charge in [0.1, 0.15) is 0 Å². The predicted molar refractivity (Wildman–Crippen MR) is 132 cm³/mol. The van der Waals surface area contributed by atoms with Crippen LogP contribution in [0.15, 0.2) is 0 Å². The average molecular weight is 603 g/mol. The van der Waals surface area contributed by atoms with Gasteiger partial charge in [0.25, 0.3) is 6.29 Å². The smallest absolute Gasteiger partial charge is 0.480 e. The van der Waals surface area contributed by atoms with Crippen LogP contribution < -0.4 is 5.32 Å². The number of rotatable bonds is 15. The lowest BCUT2D eigenvalue weighted by molar-refractivity contribution is -0.140. The minimum Gasteiger partial charge on any atom is -0.480 e. The lowest BCUT2D eigenvalue weighted by atomic mass is 10.3. The van der Waals surface area contributed by atoms with E-state index in [9.17, 15) is 43.6 Å². The topological polar surface area (TPSA) is 247 Å². The number of aliphatic carboxylic acids is 3. The number of nitrogens with one attached hydrogen (secondary N) is 1. The van der Waals surface area contributed by atoms with E-state index in [1.807, 2.05) is 0 Å². The van der Waals surface area contributed by atoms with Crippen molar-refractivity contribution in [2.45, 2.75) is 12.7 Å². The van der Waals surface area contributed by atoms with Crippen molar-refractivity contribution < 1.29 is 62.5 Å². The van der Waals surface area contributed by atoms with Gasteiger partial charge in [-0.25, -0.2) is 0 Å². The summed E-state index contributed by atoms with van der Waals surface area (Å²) in [5.74, 6) is -3.69. The number of carbonyl (C=O) groups is 4. The van der Waals surface area contributed by atoms with Gasteiger partial charge in [-0.2, -0.15) is 0 Å². The molecule has 0 aromatic heterocycles. The van der Waals surface area contributed by atoms with E-state index in [0.717, 1.165) is 0 Å². The maximum absolute atomic E-state index is 12.6. The highest BCUT2D eigenvalue weighted by Gasteiger charge is 2.32. The van der Waals surface area contributed by atoms with Crippen molar-refractivity contribution in [3.63, 3.8) is 0 Å². The molecule has 1 saturated heterocycles. The second-order valence-electron chi connectivity index (χ2n) is 8.54. The molecule has 2 unspecified atom stereocenters. The summed E-state index contributed by atoms with van der Waals surface area (Å²) in [5.41, 5.74) is 0. The summed E-state index contributed by atoms with van der Waals surface area (Å²) >= 11 is 0. The molecule has 2 atom stereocenters.